The van der Waals surface area contributed by atoms with Crippen LogP contribution in [0.4, 0.5) is 14.5 Å². The number of ether oxygens (including phenoxy) is 1. The summed E-state index contributed by atoms with van der Waals surface area (Å²) in [5.41, 5.74) is 2.15. The summed E-state index contributed by atoms with van der Waals surface area (Å²) in [6.07, 6.45) is 1.31. The minimum Gasteiger partial charge on any atom is -0.497 e. The molecule has 0 amide bonds. The highest BCUT2D eigenvalue weighted by Crippen LogP contribution is 2.19. The van der Waals surface area contributed by atoms with Crippen molar-refractivity contribution in [3.8, 4) is 5.75 Å². The van der Waals surface area contributed by atoms with Crippen molar-refractivity contribution in [1.29, 1.82) is 0 Å². The van der Waals surface area contributed by atoms with Crippen molar-refractivity contribution in [2.75, 3.05) is 12.4 Å². The van der Waals surface area contributed by atoms with Gasteiger partial charge in [0.1, 0.15) is 5.75 Å². The van der Waals surface area contributed by atoms with E-state index in [9.17, 15) is 8.78 Å². The Morgan fingerprint density at radius 2 is 2.15 bits per heavy atom. The van der Waals surface area contributed by atoms with Gasteiger partial charge in [-0.1, -0.05) is 12.1 Å². The molecule has 0 bridgehead atoms. The van der Waals surface area contributed by atoms with Gasteiger partial charge in [0, 0.05) is 6.54 Å². The van der Waals surface area contributed by atoms with Gasteiger partial charge in [-0.15, -0.1) is 12.4 Å². The molecule has 0 aliphatic carbocycles. The Labute approximate surface area is 122 Å². The third-order valence-corrected chi connectivity index (χ3v) is 2.73. The number of nitrogens with zero attached hydrogens (tertiary/aromatic N) is 2. The number of aryl methyl sites for hydroxylation is 1. The predicted octanol–water partition coefficient (Wildman–Crippen LogP) is 3.63. The van der Waals surface area contributed by atoms with Crippen molar-refractivity contribution in [2.45, 2.75) is 20.0 Å². The van der Waals surface area contributed by atoms with Crippen LogP contribution < -0.4 is 10.1 Å². The molecule has 0 saturated carbocycles. The molecule has 0 radical (unpaired) electrons. The molecular formula is C13H16ClF2N3O. The summed E-state index contributed by atoms with van der Waals surface area (Å²) >= 11 is 0. The lowest BCUT2D eigenvalue weighted by atomic mass is 10.2. The van der Waals surface area contributed by atoms with Gasteiger partial charge in [0.25, 0.3) is 0 Å². The number of halogens is 3. The second-order valence-corrected chi connectivity index (χ2v) is 4.09. The maximum Gasteiger partial charge on any atom is 0.333 e. The second-order valence-electron chi connectivity index (χ2n) is 4.09. The number of alkyl halides is 2. The third-order valence-electron chi connectivity index (χ3n) is 2.73. The third kappa shape index (κ3) is 3.84. The first kappa shape index (κ1) is 16.2. The summed E-state index contributed by atoms with van der Waals surface area (Å²) in [7, 11) is 1.60. The van der Waals surface area contributed by atoms with Crippen LogP contribution in [0.15, 0.2) is 30.5 Å². The van der Waals surface area contributed by atoms with E-state index in [0.29, 0.717) is 22.6 Å². The van der Waals surface area contributed by atoms with E-state index in [-0.39, 0.29) is 12.4 Å². The van der Waals surface area contributed by atoms with Crippen LogP contribution in [0.2, 0.25) is 0 Å². The Bertz CT molecular complexity index is 560. The predicted molar refractivity (Wildman–Crippen MR) is 75.8 cm³/mol. The quantitative estimate of drug-likeness (QED) is 0.917. The zero-order valence-electron chi connectivity index (χ0n) is 11.1. The monoisotopic (exact) mass is 303 g/mol. The molecule has 1 heterocycles. The lowest BCUT2D eigenvalue weighted by Gasteiger charge is -2.06. The van der Waals surface area contributed by atoms with Crippen LogP contribution in [0.3, 0.4) is 0 Å². The Kier molecular flexibility index (Phi) is 5.76. The highest BCUT2D eigenvalue weighted by atomic mass is 35.5. The smallest absolute Gasteiger partial charge is 0.333 e. The molecular weight excluding hydrogens is 288 g/mol. The van der Waals surface area contributed by atoms with Gasteiger partial charge < -0.3 is 10.1 Å². The number of methoxy groups -OCH3 is 1. The summed E-state index contributed by atoms with van der Waals surface area (Å²) < 4.78 is 30.7. The van der Waals surface area contributed by atoms with Crippen molar-refractivity contribution in [3.05, 3.63) is 41.7 Å². The lowest BCUT2D eigenvalue weighted by Crippen LogP contribution is -2.00. The molecule has 4 nitrogen and oxygen atoms in total. The van der Waals surface area contributed by atoms with Crippen LogP contribution in [-0.2, 0) is 6.54 Å². The van der Waals surface area contributed by atoms with Crippen LogP contribution in [0, 0.1) is 6.92 Å². The van der Waals surface area contributed by atoms with Gasteiger partial charge in [-0.3, -0.25) is 0 Å². The minimum absolute atomic E-state index is 0. The number of hydrogen-bond donors (Lipinski definition) is 1. The molecule has 0 aliphatic rings. The van der Waals surface area contributed by atoms with Gasteiger partial charge in [-0.2, -0.15) is 13.9 Å². The average Bonchev–Trinajstić information content (AvgIpc) is 2.78. The van der Waals surface area contributed by atoms with Gasteiger partial charge in [0.05, 0.1) is 24.7 Å². The Morgan fingerprint density at radius 1 is 1.40 bits per heavy atom. The van der Waals surface area contributed by atoms with Crippen LogP contribution in [0.1, 0.15) is 17.8 Å². The van der Waals surface area contributed by atoms with Gasteiger partial charge in [0.2, 0.25) is 0 Å². The maximum absolute atomic E-state index is 12.5. The summed E-state index contributed by atoms with van der Waals surface area (Å²) in [6.45, 7) is -0.411. The topological polar surface area (TPSA) is 39.1 Å². The largest absolute Gasteiger partial charge is 0.497 e. The normalized spacial score (nSPS) is 10.2. The Hall–Kier alpha value is -1.82. The SMILES string of the molecule is COc1cccc(CNc2cn(C(F)F)nc2C)c1.Cl. The van der Waals surface area contributed by atoms with Crippen molar-refractivity contribution in [2.24, 2.45) is 0 Å². The fourth-order valence-electron chi connectivity index (χ4n) is 1.73. The van der Waals surface area contributed by atoms with Crippen molar-refractivity contribution >= 4 is 18.1 Å². The van der Waals surface area contributed by atoms with Crippen molar-refractivity contribution in [3.63, 3.8) is 0 Å². The number of aromatic nitrogens is 2. The molecule has 1 aromatic carbocycles. The van der Waals surface area contributed by atoms with E-state index < -0.39 is 6.55 Å². The van der Waals surface area contributed by atoms with Crippen molar-refractivity contribution < 1.29 is 13.5 Å². The summed E-state index contributed by atoms with van der Waals surface area (Å²) in [4.78, 5) is 0. The molecule has 0 spiro atoms. The highest BCUT2D eigenvalue weighted by molar-refractivity contribution is 5.85. The van der Waals surface area contributed by atoms with Crippen LogP contribution >= 0.6 is 12.4 Å². The van der Waals surface area contributed by atoms with E-state index in [1.807, 2.05) is 24.3 Å². The van der Waals surface area contributed by atoms with Crippen LogP contribution in [0.25, 0.3) is 0 Å². The number of anilines is 1. The number of hydrogen-bond acceptors (Lipinski definition) is 3. The van der Waals surface area contributed by atoms with E-state index in [0.717, 1.165) is 11.3 Å². The molecule has 20 heavy (non-hydrogen) atoms. The average molecular weight is 304 g/mol. The van der Waals surface area contributed by atoms with Crippen LogP contribution in [-0.4, -0.2) is 16.9 Å². The molecule has 0 atom stereocenters. The fourth-order valence-corrected chi connectivity index (χ4v) is 1.73. The second kappa shape index (κ2) is 7.09. The molecule has 0 fully saturated rings. The lowest BCUT2D eigenvalue weighted by molar-refractivity contribution is 0.0563. The molecule has 1 N–H and O–H groups in total. The zero-order chi connectivity index (χ0) is 13.8. The fraction of sp³-hybridized carbons (Fsp3) is 0.308. The number of benzene rings is 1. The Morgan fingerprint density at radius 3 is 2.75 bits per heavy atom. The first-order chi connectivity index (χ1) is 9.10. The standard InChI is InChI=1S/C13H15F2N3O.ClH/c1-9-12(8-18(17-9)13(14)15)16-7-10-4-3-5-11(6-10)19-2;/h3-6,8,13,16H,7H2,1-2H3;1H. The van der Waals surface area contributed by atoms with E-state index in [4.69, 9.17) is 4.74 Å². The number of nitrogens with one attached hydrogen (secondary N) is 1. The van der Waals surface area contributed by atoms with E-state index in [2.05, 4.69) is 10.4 Å². The van der Waals surface area contributed by atoms with Gasteiger partial charge >= 0.3 is 6.55 Å². The first-order valence-electron chi connectivity index (χ1n) is 5.81. The molecule has 7 heteroatoms. The molecule has 2 rings (SSSR count). The maximum atomic E-state index is 12.5. The highest BCUT2D eigenvalue weighted by Gasteiger charge is 2.10. The van der Waals surface area contributed by atoms with Crippen molar-refractivity contribution in [1.82, 2.24) is 9.78 Å². The summed E-state index contributed by atoms with van der Waals surface area (Å²) in [5.74, 6) is 0.763. The summed E-state index contributed by atoms with van der Waals surface area (Å²) in [5, 5.41) is 6.82. The molecule has 2 aromatic rings. The summed E-state index contributed by atoms with van der Waals surface area (Å²) in [6, 6.07) is 7.55. The van der Waals surface area contributed by atoms with Gasteiger partial charge in [0.15, 0.2) is 0 Å². The minimum atomic E-state index is -2.62. The van der Waals surface area contributed by atoms with E-state index >= 15 is 0 Å². The van der Waals surface area contributed by atoms with E-state index in [1.54, 1.807) is 14.0 Å². The van der Waals surface area contributed by atoms with E-state index in [1.165, 1.54) is 6.20 Å². The molecule has 1 aromatic heterocycles. The number of rotatable bonds is 5. The van der Waals surface area contributed by atoms with Crippen LogP contribution in [0.5, 0.6) is 5.75 Å². The molecule has 0 saturated heterocycles. The molecule has 0 unspecified atom stereocenters. The molecule has 110 valence electrons. The first-order valence-corrected chi connectivity index (χ1v) is 5.81. The Balaban J connectivity index is 0.00000200. The van der Waals surface area contributed by atoms with Gasteiger partial charge in [-0.05, 0) is 24.6 Å². The zero-order valence-corrected chi connectivity index (χ0v) is 12.0. The van der Waals surface area contributed by atoms with Gasteiger partial charge in [-0.25, -0.2) is 4.68 Å². The molecule has 0 aliphatic heterocycles.